The smallest absolute Gasteiger partial charge is 0.163 e. The highest BCUT2D eigenvalue weighted by atomic mass is 19.2. The molecule has 0 amide bonds. The molecule has 0 aliphatic heterocycles. The van der Waals surface area contributed by atoms with Gasteiger partial charge in [0.05, 0.1) is 12.3 Å². The molecule has 0 radical (unpaired) electrons. The number of furan rings is 1. The van der Waals surface area contributed by atoms with Gasteiger partial charge in [-0.25, -0.2) is 8.78 Å². The lowest BCUT2D eigenvalue weighted by Gasteiger charge is -2.25. The molecule has 0 bridgehead atoms. The van der Waals surface area contributed by atoms with Crippen LogP contribution in [0.25, 0.3) is 0 Å². The maximum atomic E-state index is 13.8. The Morgan fingerprint density at radius 1 is 1.19 bits per heavy atom. The van der Waals surface area contributed by atoms with Gasteiger partial charge >= 0.3 is 0 Å². The maximum absolute atomic E-state index is 13.8. The van der Waals surface area contributed by atoms with E-state index < -0.39 is 11.6 Å². The number of halogens is 2. The van der Waals surface area contributed by atoms with Crippen LogP contribution in [0.15, 0.2) is 41.0 Å². The predicted molar refractivity (Wildman–Crippen MR) is 77.9 cm³/mol. The number of hydrogen-bond donors (Lipinski definition) is 1. The summed E-state index contributed by atoms with van der Waals surface area (Å²) < 4.78 is 32.5. The molecule has 2 unspecified atom stereocenters. The van der Waals surface area contributed by atoms with E-state index in [1.54, 1.807) is 12.3 Å². The highest BCUT2D eigenvalue weighted by molar-refractivity contribution is 5.22. The molecule has 114 valence electrons. The summed E-state index contributed by atoms with van der Waals surface area (Å²) in [6.07, 6.45) is 1.63. The Kier molecular flexibility index (Phi) is 5.09. The van der Waals surface area contributed by atoms with E-state index in [1.165, 1.54) is 6.07 Å². The average Bonchev–Trinajstić information content (AvgIpc) is 2.95. The van der Waals surface area contributed by atoms with E-state index >= 15 is 0 Å². The molecule has 0 aliphatic rings. The van der Waals surface area contributed by atoms with E-state index in [2.05, 4.69) is 5.32 Å². The molecule has 5 heteroatoms. The fraction of sp³-hybridized carbons (Fsp3) is 0.375. The Hall–Kier alpha value is -1.72. The van der Waals surface area contributed by atoms with Crippen LogP contribution < -0.4 is 5.32 Å². The van der Waals surface area contributed by atoms with Gasteiger partial charge < -0.3 is 9.73 Å². The maximum Gasteiger partial charge on any atom is 0.163 e. The third-order valence-electron chi connectivity index (χ3n) is 3.56. The molecule has 2 rings (SSSR count). The molecule has 2 atom stereocenters. The highest BCUT2D eigenvalue weighted by Crippen LogP contribution is 2.22. The van der Waals surface area contributed by atoms with Gasteiger partial charge in [-0.15, -0.1) is 0 Å². The molecular weight excluding hydrogens is 274 g/mol. The van der Waals surface area contributed by atoms with Crippen molar-refractivity contribution in [2.75, 3.05) is 20.6 Å². The first-order valence-corrected chi connectivity index (χ1v) is 6.87. The first-order valence-electron chi connectivity index (χ1n) is 6.87. The summed E-state index contributed by atoms with van der Waals surface area (Å²) in [5.41, 5.74) is 0.326. The zero-order chi connectivity index (χ0) is 15.4. The van der Waals surface area contributed by atoms with Gasteiger partial charge in [0, 0.05) is 18.2 Å². The Labute approximate surface area is 123 Å². The second-order valence-corrected chi connectivity index (χ2v) is 5.27. The van der Waals surface area contributed by atoms with Crippen molar-refractivity contribution >= 4 is 0 Å². The van der Waals surface area contributed by atoms with Gasteiger partial charge in [-0.3, -0.25) is 4.90 Å². The lowest BCUT2D eigenvalue weighted by molar-refractivity contribution is 0.244. The van der Waals surface area contributed by atoms with Crippen LogP contribution in [-0.4, -0.2) is 25.5 Å². The molecule has 0 aliphatic carbocycles. The van der Waals surface area contributed by atoms with E-state index in [0.29, 0.717) is 12.1 Å². The Balaban J connectivity index is 2.05. The molecule has 1 aromatic carbocycles. The summed E-state index contributed by atoms with van der Waals surface area (Å²) in [5.74, 6) is -0.785. The Morgan fingerprint density at radius 3 is 2.57 bits per heavy atom. The molecule has 0 fully saturated rings. The molecule has 0 saturated carbocycles. The quantitative estimate of drug-likeness (QED) is 0.883. The van der Waals surface area contributed by atoms with Gasteiger partial charge in [0.1, 0.15) is 5.76 Å². The van der Waals surface area contributed by atoms with Crippen molar-refractivity contribution < 1.29 is 13.2 Å². The number of nitrogens with zero attached hydrogens (tertiary/aromatic N) is 1. The molecule has 0 spiro atoms. The summed E-state index contributed by atoms with van der Waals surface area (Å²) >= 11 is 0. The third-order valence-corrected chi connectivity index (χ3v) is 3.56. The summed E-state index contributed by atoms with van der Waals surface area (Å²) in [6.45, 7) is 2.38. The van der Waals surface area contributed by atoms with Crippen LogP contribution in [0, 0.1) is 11.6 Å². The van der Waals surface area contributed by atoms with Gasteiger partial charge in [0.25, 0.3) is 0 Å². The highest BCUT2D eigenvalue weighted by Gasteiger charge is 2.19. The van der Waals surface area contributed by atoms with E-state index in [-0.39, 0.29) is 12.1 Å². The number of likely N-dealkylation sites (N-methyl/N-ethyl adjacent to an activating group) is 1. The van der Waals surface area contributed by atoms with E-state index in [9.17, 15) is 8.78 Å². The van der Waals surface area contributed by atoms with Crippen molar-refractivity contribution in [2.24, 2.45) is 0 Å². The van der Waals surface area contributed by atoms with E-state index in [4.69, 9.17) is 4.42 Å². The first-order chi connectivity index (χ1) is 10.0. The lowest BCUT2D eigenvalue weighted by Crippen LogP contribution is -2.32. The van der Waals surface area contributed by atoms with Crippen LogP contribution in [-0.2, 0) is 0 Å². The molecule has 1 aromatic heterocycles. The minimum Gasteiger partial charge on any atom is -0.468 e. The first kappa shape index (κ1) is 15.7. The van der Waals surface area contributed by atoms with Crippen molar-refractivity contribution in [3.8, 4) is 0 Å². The Bertz CT molecular complexity index is 570. The summed E-state index contributed by atoms with van der Waals surface area (Å²) in [5, 5.41) is 3.23. The second kappa shape index (κ2) is 6.83. The van der Waals surface area contributed by atoms with Crippen LogP contribution in [0.1, 0.15) is 30.3 Å². The van der Waals surface area contributed by atoms with Crippen molar-refractivity contribution in [3.63, 3.8) is 0 Å². The largest absolute Gasteiger partial charge is 0.468 e. The zero-order valence-corrected chi connectivity index (χ0v) is 12.4. The zero-order valence-electron chi connectivity index (χ0n) is 12.4. The molecule has 3 nitrogen and oxygen atoms in total. The predicted octanol–water partition coefficient (Wildman–Crippen LogP) is 3.51. The van der Waals surface area contributed by atoms with Gasteiger partial charge in [-0.2, -0.15) is 0 Å². The van der Waals surface area contributed by atoms with Gasteiger partial charge in [0.2, 0.25) is 0 Å². The van der Waals surface area contributed by atoms with Crippen molar-refractivity contribution in [3.05, 3.63) is 59.6 Å². The SMILES string of the molecule is CC(NCC(c1ccco1)N(C)C)c1cccc(F)c1F. The van der Waals surface area contributed by atoms with Gasteiger partial charge in [-0.05, 0) is 39.2 Å². The van der Waals surface area contributed by atoms with Crippen LogP contribution in [0.4, 0.5) is 8.78 Å². The van der Waals surface area contributed by atoms with E-state index in [1.807, 2.05) is 38.1 Å². The Morgan fingerprint density at radius 2 is 1.95 bits per heavy atom. The van der Waals surface area contributed by atoms with Gasteiger partial charge in [0.15, 0.2) is 11.6 Å². The summed E-state index contributed by atoms with van der Waals surface area (Å²) in [6, 6.07) is 7.70. The summed E-state index contributed by atoms with van der Waals surface area (Å²) in [4.78, 5) is 2.01. The molecule has 1 N–H and O–H groups in total. The summed E-state index contributed by atoms with van der Waals surface area (Å²) in [7, 11) is 3.89. The van der Waals surface area contributed by atoms with Gasteiger partial charge in [-0.1, -0.05) is 12.1 Å². The molecular formula is C16H20F2N2O. The van der Waals surface area contributed by atoms with Crippen LogP contribution in [0.2, 0.25) is 0 Å². The average molecular weight is 294 g/mol. The third kappa shape index (κ3) is 3.68. The molecule has 0 saturated heterocycles. The van der Waals surface area contributed by atoms with E-state index in [0.717, 1.165) is 11.8 Å². The molecule has 1 heterocycles. The number of nitrogens with one attached hydrogen (secondary N) is 1. The van der Waals surface area contributed by atoms with Crippen molar-refractivity contribution in [2.45, 2.75) is 19.0 Å². The number of benzene rings is 1. The number of rotatable bonds is 6. The standard InChI is InChI=1S/C16H20F2N2O/c1-11(12-6-4-7-13(17)16(12)18)19-10-14(20(2)3)15-8-5-9-21-15/h4-9,11,14,19H,10H2,1-3H3. The van der Waals surface area contributed by atoms with Crippen molar-refractivity contribution in [1.82, 2.24) is 10.2 Å². The fourth-order valence-electron chi connectivity index (χ4n) is 2.27. The fourth-order valence-corrected chi connectivity index (χ4v) is 2.27. The topological polar surface area (TPSA) is 28.4 Å². The lowest BCUT2D eigenvalue weighted by atomic mass is 10.1. The molecule has 2 aromatic rings. The monoisotopic (exact) mass is 294 g/mol. The minimum absolute atomic E-state index is 0.0269. The van der Waals surface area contributed by atoms with Crippen LogP contribution in [0.3, 0.4) is 0 Å². The minimum atomic E-state index is -0.823. The second-order valence-electron chi connectivity index (χ2n) is 5.27. The normalized spacial score (nSPS) is 14.4. The van der Waals surface area contributed by atoms with Crippen molar-refractivity contribution in [1.29, 1.82) is 0 Å². The van der Waals surface area contributed by atoms with Crippen LogP contribution in [0.5, 0.6) is 0 Å². The molecule has 21 heavy (non-hydrogen) atoms. The van der Waals surface area contributed by atoms with Crippen LogP contribution >= 0.6 is 0 Å². The number of hydrogen-bond acceptors (Lipinski definition) is 3.